The summed E-state index contributed by atoms with van der Waals surface area (Å²) in [6.45, 7) is 5.61. The van der Waals surface area contributed by atoms with Gasteiger partial charge in [0.25, 0.3) is 0 Å². The van der Waals surface area contributed by atoms with Crippen LogP contribution < -0.4 is 5.32 Å². The molecule has 2 unspecified atom stereocenters. The fourth-order valence-electron chi connectivity index (χ4n) is 3.34. The Hall–Kier alpha value is -1.90. The fourth-order valence-corrected chi connectivity index (χ4v) is 3.71. The number of ether oxygens (including phenoxy) is 2. The molecule has 0 radical (unpaired) electrons. The standard InChI is InChI=1S/C18H22BrN3O4/c1-10-7-22(8-11(2)26-10)9-15(23)21-16-13-6-12(19)4-5-14(13)20-17(16)18(24)25-3/h4-6,10-11,20H,7-9H2,1-3H3,(H,21,23). The summed E-state index contributed by atoms with van der Waals surface area (Å²) < 4.78 is 11.4. The van der Waals surface area contributed by atoms with Crippen molar-refractivity contribution in [3.05, 3.63) is 28.4 Å². The molecule has 1 aliphatic heterocycles. The molecule has 0 spiro atoms. The first kappa shape index (κ1) is 18.9. The lowest BCUT2D eigenvalue weighted by Gasteiger charge is -2.34. The molecule has 26 heavy (non-hydrogen) atoms. The number of carbonyl (C=O) groups is 2. The van der Waals surface area contributed by atoms with Gasteiger partial charge in [-0.25, -0.2) is 4.79 Å². The van der Waals surface area contributed by atoms with Crippen molar-refractivity contribution in [2.24, 2.45) is 0 Å². The summed E-state index contributed by atoms with van der Waals surface area (Å²) in [6, 6.07) is 5.56. The van der Waals surface area contributed by atoms with Gasteiger partial charge in [-0.2, -0.15) is 0 Å². The molecule has 140 valence electrons. The number of methoxy groups -OCH3 is 1. The summed E-state index contributed by atoms with van der Waals surface area (Å²) in [5.74, 6) is -0.710. The molecular weight excluding hydrogens is 402 g/mol. The molecule has 0 bridgehead atoms. The monoisotopic (exact) mass is 423 g/mol. The fraction of sp³-hybridized carbons (Fsp3) is 0.444. The molecule has 1 aromatic carbocycles. The number of hydrogen-bond donors (Lipinski definition) is 2. The number of rotatable bonds is 4. The van der Waals surface area contributed by atoms with Gasteiger partial charge >= 0.3 is 5.97 Å². The summed E-state index contributed by atoms with van der Waals surface area (Å²) in [6.07, 6.45) is 0.169. The zero-order chi connectivity index (χ0) is 18.8. The van der Waals surface area contributed by atoms with E-state index in [4.69, 9.17) is 9.47 Å². The zero-order valence-electron chi connectivity index (χ0n) is 15.0. The van der Waals surface area contributed by atoms with Gasteiger partial charge < -0.3 is 19.8 Å². The quantitative estimate of drug-likeness (QED) is 0.738. The zero-order valence-corrected chi connectivity index (χ0v) is 16.6. The summed E-state index contributed by atoms with van der Waals surface area (Å²) in [5, 5.41) is 3.63. The average Bonchev–Trinajstić information content (AvgIpc) is 2.91. The van der Waals surface area contributed by atoms with E-state index in [0.29, 0.717) is 18.8 Å². The van der Waals surface area contributed by atoms with Crippen LogP contribution >= 0.6 is 15.9 Å². The number of carbonyl (C=O) groups excluding carboxylic acids is 2. The maximum absolute atomic E-state index is 12.6. The van der Waals surface area contributed by atoms with Gasteiger partial charge in [0.2, 0.25) is 5.91 Å². The summed E-state index contributed by atoms with van der Waals surface area (Å²) in [4.78, 5) is 29.8. The number of morpholine rings is 1. The van der Waals surface area contributed by atoms with Crippen molar-refractivity contribution in [2.75, 3.05) is 32.1 Å². The molecule has 1 amide bonds. The second-order valence-electron chi connectivity index (χ2n) is 6.56. The third kappa shape index (κ3) is 4.08. The van der Waals surface area contributed by atoms with E-state index in [0.717, 1.165) is 15.4 Å². The molecule has 1 aromatic heterocycles. The minimum Gasteiger partial charge on any atom is -0.464 e. The van der Waals surface area contributed by atoms with Crippen molar-refractivity contribution in [3.63, 3.8) is 0 Å². The maximum atomic E-state index is 12.6. The van der Waals surface area contributed by atoms with E-state index in [1.807, 2.05) is 32.0 Å². The highest BCUT2D eigenvalue weighted by Gasteiger charge is 2.25. The molecule has 7 nitrogen and oxygen atoms in total. The Morgan fingerprint density at radius 3 is 2.69 bits per heavy atom. The van der Waals surface area contributed by atoms with E-state index in [1.165, 1.54) is 7.11 Å². The molecular formula is C18H22BrN3O4. The third-order valence-electron chi connectivity index (χ3n) is 4.28. The van der Waals surface area contributed by atoms with E-state index in [-0.39, 0.29) is 30.4 Å². The molecule has 2 heterocycles. The van der Waals surface area contributed by atoms with Crippen LogP contribution in [0.5, 0.6) is 0 Å². The normalized spacial score (nSPS) is 20.9. The summed E-state index contributed by atoms with van der Waals surface area (Å²) in [5.41, 5.74) is 1.42. The number of esters is 1. The molecule has 1 saturated heterocycles. The van der Waals surface area contributed by atoms with Crippen LogP contribution in [-0.2, 0) is 14.3 Å². The second kappa shape index (κ2) is 7.77. The van der Waals surface area contributed by atoms with Gasteiger partial charge in [0.15, 0.2) is 0 Å². The number of anilines is 1. The molecule has 0 saturated carbocycles. The number of amides is 1. The van der Waals surface area contributed by atoms with Gasteiger partial charge in [-0.3, -0.25) is 9.69 Å². The highest BCUT2D eigenvalue weighted by atomic mass is 79.9. The predicted molar refractivity (Wildman–Crippen MR) is 102 cm³/mol. The lowest BCUT2D eigenvalue weighted by Crippen LogP contribution is -2.48. The summed E-state index contributed by atoms with van der Waals surface area (Å²) in [7, 11) is 1.31. The molecule has 2 atom stereocenters. The summed E-state index contributed by atoms with van der Waals surface area (Å²) >= 11 is 3.42. The lowest BCUT2D eigenvalue weighted by molar-refractivity contribution is -0.121. The highest BCUT2D eigenvalue weighted by Crippen LogP contribution is 2.30. The number of fused-ring (bicyclic) bond motifs is 1. The molecule has 2 N–H and O–H groups in total. The van der Waals surface area contributed by atoms with E-state index in [9.17, 15) is 9.59 Å². The van der Waals surface area contributed by atoms with Crippen LogP contribution in [0.25, 0.3) is 10.9 Å². The van der Waals surface area contributed by atoms with Crippen LogP contribution in [0, 0.1) is 0 Å². The van der Waals surface area contributed by atoms with Crippen LogP contribution in [0.1, 0.15) is 24.3 Å². The molecule has 2 aromatic rings. The highest BCUT2D eigenvalue weighted by molar-refractivity contribution is 9.10. The van der Waals surface area contributed by atoms with E-state index in [2.05, 4.69) is 31.1 Å². The lowest BCUT2D eigenvalue weighted by atomic mass is 10.2. The maximum Gasteiger partial charge on any atom is 0.356 e. The van der Waals surface area contributed by atoms with Gasteiger partial charge in [0.05, 0.1) is 31.5 Å². The third-order valence-corrected chi connectivity index (χ3v) is 4.77. The largest absolute Gasteiger partial charge is 0.464 e. The van der Waals surface area contributed by atoms with E-state index >= 15 is 0 Å². The van der Waals surface area contributed by atoms with E-state index < -0.39 is 5.97 Å². The van der Waals surface area contributed by atoms with Crippen molar-refractivity contribution >= 4 is 44.4 Å². The van der Waals surface area contributed by atoms with Crippen molar-refractivity contribution in [3.8, 4) is 0 Å². The number of aromatic amines is 1. The molecule has 1 fully saturated rings. The molecule has 8 heteroatoms. The Kier molecular flexibility index (Phi) is 5.64. The number of hydrogen-bond acceptors (Lipinski definition) is 5. The number of aromatic nitrogens is 1. The first-order valence-corrected chi connectivity index (χ1v) is 9.24. The number of H-pyrrole nitrogens is 1. The van der Waals surface area contributed by atoms with Crippen molar-refractivity contribution in [2.45, 2.75) is 26.1 Å². The van der Waals surface area contributed by atoms with Crippen molar-refractivity contribution in [1.29, 1.82) is 0 Å². The topological polar surface area (TPSA) is 83.7 Å². The van der Waals surface area contributed by atoms with Crippen molar-refractivity contribution in [1.82, 2.24) is 9.88 Å². The molecule has 3 rings (SSSR count). The van der Waals surface area contributed by atoms with E-state index in [1.54, 1.807) is 0 Å². The Bertz CT molecular complexity index is 825. The van der Waals surface area contributed by atoms with Crippen LogP contribution in [0.15, 0.2) is 22.7 Å². The van der Waals surface area contributed by atoms with Crippen LogP contribution in [-0.4, -0.2) is 60.7 Å². The Balaban J connectivity index is 1.83. The number of nitrogens with zero attached hydrogens (tertiary/aromatic N) is 1. The van der Waals surface area contributed by atoms with Gasteiger partial charge in [-0.05, 0) is 32.0 Å². The smallest absolute Gasteiger partial charge is 0.356 e. The predicted octanol–water partition coefficient (Wildman–Crippen LogP) is 2.76. The minimum absolute atomic E-state index is 0.0845. The number of halogens is 1. The van der Waals surface area contributed by atoms with Crippen LogP contribution in [0.3, 0.4) is 0 Å². The second-order valence-corrected chi connectivity index (χ2v) is 7.47. The first-order chi connectivity index (χ1) is 12.4. The van der Waals surface area contributed by atoms with Crippen LogP contribution in [0.2, 0.25) is 0 Å². The Labute approximate surface area is 160 Å². The van der Waals surface area contributed by atoms with Crippen LogP contribution in [0.4, 0.5) is 5.69 Å². The molecule has 0 aliphatic carbocycles. The average molecular weight is 424 g/mol. The Morgan fingerprint density at radius 1 is 1.35 bits per heavy atom. The molecule has 1 aliphatic rings. The first-order valence-electron chi connectivity index (χ1n) is 8.44. The van der Waals surface area contributed by atoms with Gasteiger partial charge in [-0.15, -0.1) is 0 Å². The van der Waals surface area contributed by atoms with Gasteiger partial charge in [-0.1, -0.05) is 15.9 Å². The number of benzene rings is 1. The SMILES string of the molecule is COC(=O)c1[nH]c2ccc(Br)cc2c1NC(=O)CN1CC(C)OC(C)C1. The minimum atomic E-state index is -0.527. The Morgan fingerprint density at radius 2 is 2.04 bits per heavy atom. The number of nitrogens with one attached hydrogen (secondary N) is 2. The van der Waals surface area contributed by atoms with Gasteiger partial charge in [0.1, 0.15) is 5.69 Å². The van der Waals surface area contributed by atoms with Crippen molar-refractivity contribution < 1.29 is 19.1 Å². The van der Waals surface area contributed by atoms with Gasteiger partial charge in [0, 0.05) is 28.5 Å².